The van der Waals surface area contributed by atoms with E-state index in [1.807, 2.05) is 45.0 Å². The van der Waals surface area contributed by atoms with E-state index in [9.17, 15) is 14.7 Å². The van der Waals surface area contributed by atoms with E-state index < -0.39 is 29.3 Å². The normalized spacial score (nSPS) is 13.7. The van der Waals surface area contributed by atoms with Gasteiger partial charge in [-0.05, 0) is 42.7 Å². The van der Waals surface area contributed by atoms with Crippen LogP contribution in [0.25, 0.3) is 0 Å². The van der Waals surface area contributed by atoms with Gasteiger partial charge in [-0.15, -0.1) is 5.06 Å². The lowest BCUT2D eigenvalue weighted by molar-refractivity contribution is -0.161. The highest BCUT2D eigenvalue weighted by Gasteiger charge is 2.39. The molecule has 1 amide bonds. The van der Waals surface area contributed by atoms with E-state index in [-0.39, 0.29) is 5.41 Å². The minimum atomic E-state index is -1.36. The zero-order chi connectivity index (χ0) is 21.2. The van der Waals surface area contributed by atoms with Crippen LogP contribution in [0.4, 0.5) is 9.59 Å². The summed E-state index contributed by atoms with van der Waals surface area (Å²) in [5, 5.41) is 10.4. The van der Waals surface area contributed by atoms with Crippen LogP contribution in [-0.4, -0.2) is 28.0 Å². The molecule has 0 aliphatic rings. The van der Waals surface area contributed by atoms with Crippen molar-refractivity contribution in [1.82, 2.24) is 5.06 Å². The van der Waals surface area contributed by atoms with Gasteiger partial charge < -0.3 is 9.84 Å². The SMILES string of the molecule is CC(C)(C)OC(=O)ON(C(=O)O)C(c1ccc(C(C)(C)C)cc1)C(C)(C)C. The van der Waals surface area contributed by atoms with Crippen LogP contribution in [0.3, 0.4) is 0 Å². The number of amides is 1. The van der Waals surface area contributed by atoms with Gasteiger partial charge in [0.15, 0.2) is 0 Å². The van der Waals surface area contributed by atoms with E-state index >= 15 is 0 Å². The zero-order valence-corrected chi connectivity index (χ0v) is 17.9. The summed E-state index contributed by atoms with van der Waals surface area (Å²) in [7, 11) is 0. The summed E-state index contributed by atoms with van der Waals surface area (Å²) < 4.78 is 5.11. The molecule has 0 saturated carbocycles. The summed E-state index contributed by atoms with van der Waals surface area (Å²) in [6.45, 7) is 17.1. The third-order valence-electron chi connectivity index (χ3n) is 3.90. The molecule has 6 heteroatoms. The first kappa shape index (κ1) is 22.8. The van der Waals surface area contributed by atoms with Crippen LogP contribution in [0.1, 0.15) is 79.5 Å². The van der Waals surface area contributed by atoms with Crippen LogP contribution in [0, 0.1) is 5.41 Å². The van der Waals surface area contributed by atoms with E-state index in [2.05, 4.69) is 20.8 Å². The smallest absolute Gasteiger partial charge is 0.463 e. The second kappa shape index (κ2) is 7.79. The molecule has 152 valence electrons. The maximum absolute atomic E-state index is 12.1. The molecule has 27 heavy (non-hydrogen) atoms. The molecule has 6 nitrogen and oxygen atoms in total. The number of hydroxylamine groups is 2. The van der Waals surface area contributed by atoms with Gasteiger partial charge in [-0.25, -0.2) is 9.59 Å². The number of carbonyl (C=O) groups excluding carboxylic acids is 1. The summed E-state index contributed by atoms with van der Waals surface area (Å²) in [6, 6.07) is 7.01. The predicted molar refractivity (Wildman–Crippen MR) is 105 cm³/mol. The second-order valence-corrected chi connectivity index (χ2v) is 9.80. The third kappa shape index (κ3) is 6.77. The van der Waals surface area contributed by atoms with Crippen molar-refractivity contribution < 1.29 is 24.3 Å². The van der Waals surface area contributed by atoms with Crippen molar-refractivity contribution in [3.05, 3.63) is 35.4 Å². The molecule has 1 unspecified atom stereocenters. The Hall–Kier alpha value is -2.24. The third-order valence-corrected chi connectivity index (χ3v) is 3.90. The number of hydrogen-bond acceptors (Lipinski definition) is 4. The number of carbonyl (C=O) groups is 2. The van der Waals surface area contributed by atoms with Crippen molar-refractivity contribution in [2.45, 2.75) is 79.4 Å². The molecule has 0 bridgehead atoms. The number of rotatable bonds is 2. The average Bonchev–Trinajstić information content (AvgIpc) is 2.42. The van der Waals surface area contributed by atoms with E-state index in [1.54, 1.807) is 20.8 Å². The highest BCUT2D eigenvalue weighted by molar-refractivity contribution is 5.68. The largest absolute Gasteiger partial charge is 0.534 e. The number of ether oxygens (including phenoxy) is 1. The minimum Gasteiger partial charge on any atom is -0.463 e. The first-order valence-electron chi connectivity index (χ1n) is 9.06. The average molecular weight is 379 g/mol. The lowest BCUT2D eigenvalue weighted by Gasteiger charge is -2.37. The molecule has 0 saturated heterocycles. The maximum atomic E-state index is 12.1. The number of nitrogens with zero attached hydrogens (tertiary/aromatic N) is 1. The van der Waals surface area contributed by atoms with E-state index in [0.29, 0.717) is 5.06 Å². The molecular weight excluding hydrogens is 346 g/mol. The zero-order valence-electron chi connectivity index (χ0n) is 17.9. The number of benzene rings is 1. The van der Waals surface area contributed by atoms with Gasteiger partial charge in [-0.2, -0.15) is 0 Å². The number of hydrogen-bond donors (Lipinski definition) is 1. The van der Waals surface area contributed by atoms with E-state index in [4.69, 9.17) is 9.57 Å². The Labute approximate surface area is 162 Å². The first-order chi connectivity index (χ1) is 12.0. The highest BCUT2D eigenvalue weighted by Crippen LogP contribution is 2.39. The van der Waals surface area contributed by atoms with E-state index in [0.717, 1.165) is 11.1 Å². The van der Waals surface area contributed by atoms with Crippen LogP contribution in [-0.2, 0) is 15.0 Å². The van der Waals surface area contributed by atoms with Crippen molar-refractivity contribution in [3.8, 4) is 0 Å². The lowest BCUT2D eigenvalue weighted by Crippen LogP contribution is -2.42. The fourth-order valence-corrected chi connectivity index (χ4v) is 2.70. The van der Waals surface area contributed by atoms with Crippen molar-refractivity contribution in [3.63, 3.8) is 0 Å². The Balaban J connectivity index is 3.26. The van der Waals surface area contributed by atoms with Crippen molar-refractivity contribution in [2.75, 3.05) is 0 Å². The van der Waals surface area contributed by atoms with E-state index in [1.165, 1.54) is 0 Å². The quantitative estimate of drug-likeness (QED) is 0.510. The number of carboxylic acid groups (broad SMARTS) is 1. The molecule has 0 fully saturated rings. The molecule has 0 heterocycles. The Bertz CT molecular complexity index is 660. The van der Waals surface area contributed by atoms with Crippen LogP contribution in [0.5, 0.6) is 0 Å². The van der Waals surface area contributed by atoms with Crippen LogP contribution in [0.15, 0.2) is 24.3 Å². The topological polar surface area (TPSA) is 76.1 Å². The van der Waals surface area contributed by atoms with Gasteiger partial charge in [0.05, 0.1) is 0 Å². The fourth-order valence-electron chi connectivity index (χ4n) is 2.70. The summed E-state index contributed by atoms with van der Waals surface area (Å²) >= 11 is 0. The fraction of sp³-hybridized carbons (Fsp3) is 0.619. The van der Waals surface area contributed by atoms with Crippen molar-refractivity contribution >= 4 is 12.2 Å². The Morgan fingerprint density at radius 3 is 1.74 bits per heavy atom. The van der Waals surface area contributed by atoms with Crippen molar-refractivity contribution in [2.24, 2.45) is 5.41 Å². The molecule has 1 aromatic rings. The van der Waals surface area contributed by atoms with Gasteiger partial charge in [0.1, 0.15) is 11.6 Å². The molecule has 0 spiro atoms. The summed E-state index contributed by atoms with van der Waals surface area (Å²) in [6.07, 6.45) is -2.41. The summed E-state index contributed by atoms with van der Waals surface area (Å²) in [5.74, 6) is 0. The van der Waals surface area contributed by atoms with Crippen molar-refractivity contribution in [1.29, 1.82) is 0 Å². The monoisotopic (exact) mass is 379 g/mol. The Morgan fingerprint density at radius 2 is 1.41 bits per heavy atom. The lowest BCUT2D eigenvalue weighted by atomic mass is 9.80. The van der Waals surface area contributed by atoms with Gasteiger partial charge in [-0.3, -0.25) is 4.84 Å². The maximum Gasteiger partial charge on any atom is 0.534 e. The molecule has 0 aliphatic heterocycles. The summed E-state index contributed by atoms with van der Waals surface area (Å²) in [4.78, 5) is 29.1. The Morgan fingerprint density at radius 1 is 0.926 bits per heavy atom. The van der Waals surface area contributed by atoms with Gasteiger partial charge in [0, 0.05) is 0 Å². The first-order valence-corrected chi connectivity index (χ1v) is 9.06. The molecular formula is C21H33NO5. The minimum absolute atomic E-state index is 0.0186. The second-order valence-electron chi connectivity index (χ2n) is 9.80. The van der Waals surface area contributed by atoms with Gasteiger partial charge in [0.2, 0.25) is 0 Å². The molecule has 0 aromatic heterocycles. The standard InChI is InChI=1S/C21H33NO5/c1-19(2,3)15-12-10-14(11-13-15)16(20(4,5)6)22(17(23)24)27-18(25)26-21(7,8)9/h10-13,16H,1-9H3,(H,23,24). The van der Waals surface area contributed by atoms with Gasteiger partial charge in [0.25, 0.3) is 0 Å². The molecule has 0 radical (unpaired) electrons. The van der Waals surface area contributed by atoms with Crippen LogP contribution >= 0.6 is 0 Å². The predicted octanol–water partition coefficient (Wildman–Crippen LogP) is 5.92. The molecule has 1 N–H and O–H groups in total. The molecule has 1 atom stereocenters. The van der Waals surface area contributed by atoms with Crippen LogP contribution in [0.2, 0.25) is 0 Å². The summed E-state index contributed by atoms with van der Waals surface area (Å²) in [5.41, 5.74) is 0.543. The molecule has 0 aliphatic carbocycles. The molecule has 1 aromatic carbocycles. The molecule has 1 rings (SSSR count). The van der Waals surface area contributed by atoms with Gasteiger partial charge >= 0.3 is 12.2 Å². The van der Waals surface area contributed by atoms with Crippen LogP contribution < -0.4 is 0 Å². The highest BCUT2D eigenvalue weighted by atomic mass is 16.8. The van der Waals surface area contributed by atoms with Gasteiger partial charge in [-0.1, -0.05) is 65.8 Å². The Kier molecular flexibility index (Phi) is 6.57.